The third-order valence-electron chi connectivity index (χ3n) is 12.2. The molecule has 5 atom stereocenters. The van der Waals surface area contributed by atoms with Crippen molar-refractivity contribution in [3.05, 3.63) is 126 Å². The van der Waals surface area contributed by atoms with Crippen LogP contribution in [0.25, 0.3) is 0 Å². The van der Waals surface area contributed by atoms with Crippen molar-refractivity contribution in [2.24, 2.45) is 5.92 Å². The van der Waals surface area contributed by atoms with Crippen LogP contribution in [-0.4, -0.2) is 66.9 Å². The summed E-state index contributed by atoms with van der Waals surface area (Å²) in [5.74, 6) is 0.277. The molecule has 10 nitrogen and oxygen atoms in total. The van der Waals surface area contributed by atoms with Crippen molar-refractivity contribution in [3.8, 4) is 5.75 Å². The topological polar surface area (TPSA) is 110 Å². The number of rotatable bonds is 10. The maximum absolute atomic E-state index is 14.8. The number of aryl methyl sites for hydroxylation is 2. The lowest BCUT2D eigenvalue weighted by atomic mass is 9.82. The number of fused-ring (bicyclic) bond motifs is 3. The minimum atomic E-state index is -2.37. The van der Waals surface area contributed by atoms with E-state index < -0.39 is 13.7 Å². The molecule has 0 radical (unpaired) electrons. The molecular weight excluding hydrogens is 695 g/mol. The fourth-order valence-electron chi connectivity index (χ4n) is 9.42. The number of methoxy groups -OCH3 is 1. The van der Waals surface area contributed by atoms with E-state index in [1.165, 1.54) is 5.19 Å². The summed E-state index contributed by atoms with van der Waals surface area (Å²) in [5, 5.41) is 20.5. The average molecular weight is 742 g/mol. The number of carbonyl (C=O) groups excluding carboxylic acids is 2. The first kappa shape index (κ1) is 35.9. The number of aliphatic hydroxyl groups excluding tert-OH is 1. The van der Waals surface area contributed by atoms with Crippen molar-refractivity contribution in [1.29, 1.82) is 0 Å². The number of nitrogens with zero attached hydrogens (tertiary/aromatic N) is 5. The molecule has 1 spiro atoms. The molecule has 4 heterocycles. The molecule has 11 heteroatoms. The van der Waals surface area contributed by atoms with Gasteiger partial charge in [0.05, 0.1) is 50.9 Å². The SMILES string of the molecule is COc1ccc([Si](C)(C)[C@H]2[C@H](CCn3cc(C(CO)c4ccccc4)nn3)O[C@@]3(C(=O)N(C)c4ccc(N5C(=O)CCc6ccccc65)cc43)[C@@H]2C)cc1. The molecule has 5 aromatic rings. The van der Waals surface area contributed by atoms with Crippen molar-refractivity contribution < 1.29 is 24.2 Å². The molecule has 1 unspecified atom stereocenters. The van der Waals surface area contributed by atoms with Gasteiger partial charge in [-0.15, -0.1) is 5.10 Å². The van der Waals surface area contributed by atoms with Gasteiger partial charge in [-0.05, 0) is 65.9 Å². The molecule has 8 rings (SSSR count). The number of para-hydroxylation sites is 1. The summed E-state index contributed by atoms with van der Waals surface area (Å²) in [6, 6.07) is 32.2. The van der Waals surface area contributed by atoms with Gasteiger partial charge in [-0.1, -0.05) is 91.1 Å². The van der Waals surface area contributed by atoms with Gasteiger partial charge < -0.3 is 19.5 Å². The van der Waals surface area contributed by atoms with Crippen LogP contribution in [-0.2, 0) is 32.9 Å². The number of carbonyl (C=O) groups is 2. The van der Waals surface area contributed by atoms with E-state index in [9.17, 15) is 14.7 Å². The lowest BCUT2D eigenvalue weighted by Gasteiger charge is -2.37. The summed E-state index contributed by atoms with van der Waals surface area (Å²) >= 11 is 0. The Bertz CT molecular complexity index is 2190. The Hall–Kier alpha value is -5.10. The van der Waals surface area contributed by atoms with Crippen LogP contribution in [0.15, 0.2) is 103 Å². The highest BCUT2D eigenvalue weighted by atomic mass is 28.3. The quantitative estimate of drug-likeness (QED) is 0.167. The van der Waals surface area contributed by atoms with E-state index in [1.54, 1.807) is 16.9 Å². The Morgan fingerprint density at radius 1 is 0.963 bits per heavy atom. The molecule has 0 bridgehead atoms. The smallest absolute Gasteiger partial charge is 0.264 e. The summed E-state index contributed by atoms with van der Waals surface area (Å²) < 4.78 is 14.6. The Labute approximate surface area is 317 Å². The average Bonchev–Trinajstić information content (AvgIpc) is 3.84. The van der Waals surface area contributed by atoms with Crippen LogP contribution in [0.5, 0.6) is 5.75 Å². The number of aromatic nitrogens is 3. The third-order valence-corrected chi connectivity index (χ3v) is 16.6. The lowest BCUT2D eigenvalue weighted by Crippen LogP contribution is -2.51. The van der Waals surface area contributed by atoms with E-state index in [0.717, 1.165) is 39.5 Å². The van der Waals surface area contributed by atoms with Crippen LogP contribution in [0.1, 0.15) is 48.1 Å². The molecule has 2 amide bonds. The monoisotopic (exact) mass is 741 g/mol. The maximum Gasteiger partial charge on any atom is 0.264 e. The molecule has 3 aliphatic rings. The zero-order chi connectivity index (χ0) is 37.8. The summed E-state index contributed by atoms with van der Waals surface area (Å²) in [5.41, 5.74) is 4.83. The summed E-state index contributed by atoms with van der Waals surface area (Å²) in [6.45, 7) is 7.36. The van der Waals surface area contributed by atoms with E-state index in [2.05, 4.69) is 48.5 Å². The Balaban J connectivity index is 1.18. The Kier molecular flexibility index (Phi) is 9.27. The van der Waals surface area contributed by atoms with Crippen molar-refractivity contribution >= 4 is 42.1 Å². The van der Waals surface area contributed by atoms with E-state index >= 15 is 0 Å². The van der Waals surface area contributed by atoms with Crippen LogP contribution >= 0.6 is 0 Å². The molecule has 0 saturated carbocycles. The molecule has 4 aromatic carbocycles. The van der Waals surface area contributed by atoms with Crippen LogP contribution in [0, 0.1) is 5.92 Å². The normalized spacial score (nSPS) is 22.8. The van der Waals surface area contributed by atoms with E-state index in [-0.39, 0.29) is 41.9 Å². The summed E-state index contributed by atoms with van der Waals surface area (Å²) in [7, 11) is 1.12. The van der Waals surface area contributed by atoms with Gasteiger partial charge in [-0.2, -0.15) is 0 Å². The summed E-state index contributed by atoms with van der Waals surface area (Å²) in [6.07, 6.45) is 3.35. The van der Waals surface area contributed by atoms with Crippen molar-refractivity contribution in [1.82, 2.24) is 15.0 Å². The third kappa shape index (κ3) is 5.77. The van der Waals surface area contributed by atoms with E-state index in [4.69, 9.17) is 9.47 Å². The zero-order valence-corrected chi connectivity index (χ0v) is 32.5. The van der Waals surface area contributed by atoms with Crippen molar-refractivity contribution in [2.45, 2.75) is 69.0 Å². The highest BCUT2D eigenvalue weighted by Crippen LogP contribution is 2.60. The first-order chi connectivity index (χ1) is 26.1. The molecule has 1 aromatic heterocycles. The van der Waals surface area contributed by atoms with Crippen LogP contribution in [0.2, 0.25) is 18.6 Å². The number of amides is 2. The molecular formula is C43H47N5O5Si. The molecule has 54 heavy (non-hydrogen) atoms. The van der Waals surface area contributed by atoms with Gasteiger partial charge in [0.15, 0.2) is 5.60 Å². The Morgan fingerprint density at radius 2 is 1.70 bits per heavy atom. The number of likely N-dealkylation sites (N-methyl/N-ethyl adjacent to an activating group) is 1. The second kappa shape index (κ2) is 14.0. The number of aliphatic hydroxyl groups is 1. The number of ether oxygens (including phenoxy) is 2. The first-order valence-corrected chi connectivity index (χ1v) is 21.9. The van der Waals surface area contributed by atoms with Gasteiger partial charge in [0, 0.05) is 43.4 Å². The predicted molar refractivity (Wildman–Crippen MR) is 211 cm³/mol. The number of hydrogen-bond acceptors (Lipinski definition) is 7. The van der Waals surface area contributed by atoms with Gasteiger partial charge in [0.25, 0.3) is 5.91 Å². The van der Waals surface area contributed by atoms with E-state index in [1.807, 2.05) is 96.8 Å². The van der Waals surface area contributed by atoms with Crippen LogP contribution < -0.4 is 19.7 Å². The highest BCUT2D eigenvalue weighted by molar-refractivity contribution is 6.91. The second-order valence-electron chi connectivity index (χ2n) is 15.4. The fourth-order valence-corrected chi connectivity index (χ4v) is 13.5. The number of hydrogen-bond donors (Lipinski definition) is 1. The van der Waals surface area contributed by atoms with E-state index in [0.29, 0.717) is 31.5 Å². The van der Waals surface area contributed by atoms with Gasteiger partial charge >= 0.3 is 0 Å². The van der Waals surface area contributed by atoms with Gasteiger partial charge in [-0.3, -0.25) is 19.2 Å². The summed E-state index contributed by atoms with van der Waals surface area (Å²) in [4.78, 5) is 31.9. The fraction of sp³-hybridized carbons (Fsp3) is 0.349. The molecule has 3 aliphatic heterocycles. The minimum absolute atomic E-state index is 0.0347. The maximum atomic E-state index is 14.8. The highest BCUT2D eigenvalue weighted by Gasteiger charge is 2.66. The molecule has 1 fully saturated rings. The standard InChI is InChI=1S/C43H47N5O5Si/c1-28-41(54(4,5)33-19-17-32(52-3)18-20-33)39(23-24-47-26-36(44-45-47)34(27-49)29-11-7-6-8-12-29)53-43(28)35-25-31(16-21-38(35)46(2)42(43)51)48-37-14-10-9-13-30(37)15-22-40(48)50/h6-14,16-21,25-26,28,34,39,41,49H,15,22-24,27H2,1-5H3/t28-,34?,39+,41-,43+/m1/s1. The predicted octanol–water partition coefficient (Wildman–Crippen LogP) is 6.30. The van der Waals surface area contributed by atoms with Crippen molar-refractivity contribution in [3.63, 3.8) is 0 Å². The van der Waals surface area contributed by atoms with Gasteiger partial charge in [0.1, 0.15) is 5.75 Å². The number of benzene rings is 4. The molecule has 1 N–H and O–H groups in total. The number of anilines is 3. The second-order valence-corrected chi connectivity index (χ2v) is 20.1. The van der Waals surface area contributed by atoms with Crippen molar-refractivity contribution in [2.75, 3.05) is 30.6 Å². The largest absolute Gasteiger partial charge is 0.497 e. The zero-order valence-electron chi connectivity index (χ0n) is 31.5. The minimum Gasteiger partial charge on any atom is -0.497 e. The molecule has 278 valence electrons. The van der Waals surface area contributed by atoms with Gasteiger partial charge in [-0.25, -0.2) is 0 Å². The molecule has 0 aliphatic carbocycles. The first-order valence-electron chi connectivity index (χ1n) is 18.8. The lowest BCUT2D eigenvalue weighted by molar-refractivity contribution is -0.145. The molecule has 1 saturated heterocycles. The van der Waals surface area contributed by atoms with Crippen LogP contribution in [0.3, 0.4) is 0 Å². The Morgan fingerprint density at radius 3 is 2.44 bits per heavy atom. The van der Waals surface area contributed by atoms with Gasteiger partial charge in [0.2, 0.25) is 5.91 Å². The van der Waals surface area contributed by atoms with Crippen LogP contribution in [0.4, 0.5) is 17.1 Å².